The van der Waals surface area contributed by atoms with Gasteiger partial charge in [-0.05, 0) is 43.9 Å². The Morgan fingerprint density at radius 3 is 2.81 bits per heavy atom. The average molecular weight is 240 g/mol. The van der Waals surface area contributed by atoms with Crippen molar-refractivity contribution < 1.29 is 13.5 Å². The van der Waals surface area contributed by atoms with Crippen LogP contribution in [0.4, 0.5) is 0 Å². The largest absolute Gasteiger partial charge is 0.393 e. The summed E-state index contributed by atoms with van der Waals surface area (Å²) in [6.07, 6.45) is 0.650. The lowest BCUT2D eigenvalue weighted by Crippen LogP contribution is -2.11. The van der Waals surface area contributed by atoms with Crippen LogP contribution in [0.15, 0.2) is 23.1 Å². The van der Waals surface area contributed by atoms with E-state index in [4.69, 9.17) is 0 Å². The van der Waals surface area contributed by atoms with E-state index in [-0.39, 0.29) is 5.25 Å². The highest BCUT2D eigenvalue weighted by atomic mass is 32.2. The first kappa shape index (κ1) is 11.6. The van der Waals surface area contributed by atoms with Gasteiger partial charge in [-0.3, -0.25) is 0 Å². The molecule has 1 aromatic rings. The number of hydrogen-bond acceptors (Lipinski definition) is 3. The Labute approximate surface area is 96.0 Å². The summed E-state index contributed by atoms with van der Waals surface area (Å²) in [5.41, 5.74) is 1.86. The van der Waals surface area contributed by atoms with E-state index in [9.17, 15) is 13.5 Å². The molecule has 0 bridgehead atoms. The summed E-state index contributed by atoms with van der Waals surface area (Å²) in [6, 6.07) is 5.32. The minimum atomic E-state index is -3.12. The van der Waals surface area contributed by atoms with Gasteiger partial charge in [0.15, 0.2) is 9.84 Å². The molecule has 2 rings (SSSR count). The van der Waals surface area contributed by atoms with E-state index in [1.807, 2.05) is 6.07 Å². The highest BCUT2D eigenvalue weighted by molar-refractivity contribution is 7.92. The Bertz CT molecular complexity index is 503. The molecule has 0 aliphatic carbocycles. The van der Waals surface area contributed by atoms with E-state index in [1.54, 1.807) is 26.0 Å². The lowest BCUT2D eigenvalue weighted by atomic mass is 9.99. The molecule has 4 heteroatoms. The zero-order chi connectivity index (χ0) is 11.9. The topological polar surface area (TPSA) is 54.4 Å². The van der Waals surface area contributed by atoms with Crippen molar-refractivity contribution in [2.75, 3.05) is 0 Å². The molecule has 2 unspecified atom stereocenters. The molecule has 88 valence electrons. The number of benzene rings is 1. The molecule has 2 atom stereocenters. The second kappa shape index (κ2) is 3.86. The molecular formula is C12H16O3S. The molecular weight excluding hydrogens is 224 g/mol. The maximum absolute atomic E-state index is 12.0. The number of aliphatic hydroxyl groups excluding tert-OH is 1. The fraction of sp³-hybridized carbons (Fsp3) is 0.500. The van der Waals surface area contributed by atoms with E-state index in [0.29, 0.717) is 17.7 Å². The summed E-state index contributed by atoms with van der Waals surface area (Å²) in [5.74, 6) is 0. The number of fused-ring (bicyclic) bond motifs is 1. The van der Waals surface area contributed by atoms with E-state index >= 15 is 0 Å². The van der Waals surface area contributed by atoms with Crippen molar-refractivity contribution in [3.8, 4) is 0 Å². The van der Waals surface area contributed by atoms with Gasteiger partial charge >= 0.3 is 0 Å². The zero-order valence-corrected chi connectivity index (χ0v) is 10.3. The van der Waals surface area contributed by atoms with Crippen LogP contribution < -0.4 is 0 Å². The SMILES string of the molecule is CC(O)Cc1cccc2c1CC(C)S2(=O)=O. The van der Waals surface area contributed by atoms with Crippen molar-refractivity contribution >= 4 is 9.84 Å². The Morgan fingerprint density at radius 1 is 1.50 bits per heavy atom. The predicted molar refractivity (Wildman–Crippen MR) is 62.2 cm³/mol. The Morgan fingerprint density at radius 2 is 2.19 bits per heavy atom. The first-order valence-electron chi connectivity index (χ1n) is 5.45. The molecule has 1 aliphatic heterocycles. The number of rotatable bonds is 2. The van der Waals surface area contributed by atoms with Crippen molar-refractivity contribution in [2.45, 2.75) is 42.9 Å². The summed E-state index contributed by atoms with van der Waals surface area (Å²) in [4.78, 5) is 0.457. The molecule has 1 aliphatic rings. The second-order valence-corrected chi connectivity index (χ2v) is 6.84. The second-order valence-electron chi connectivity index (χ2n) is 4.51. The molecule has 1 heterocycles. The van der Waals surface area contributed by atoms with Gasteiger partial charge in [0.25, 0.3) is 0 Å². The number of aliphatic hydroxyl groups is 1. The van der Waals surface area contributed by atoms with Crippen LogP contribution in [0, 0.1) is 0 Å². The van der Waals surface area contributed by atoms with Crippen molar-refractivity contribution in [1.82, 2.24) is 0 Å². The molecule has 0 fully saturated rings. The summed E-state index contributed by atoms with van der Waals surface area (Å²) in [6.45, 7) is 3.45. The van der Waals surface area contributed by atoms with Gasteiger partial charge in [-0.1, -0.05) is 12.1 Å². The van der Waals surface area contributed by atoms with Crippen LogP contribution in [0.2, 0.25) is 0 Å². The molecule has 0 saturated heterocycles. The third-order valence-electron chi connectivity index (χ3n) is 3.07. The van der Waals surface area contributed by atoms with Crippen LogP contribution >= 0.6 is 0 Å². The number of sulfone groups is 1. The van der Waals surface area contributed by atoms with Crippen LogP contribution in [-0.2, 0) is 22.7 Å². The monoisotopic (exact) mass is 240 g/mol. The Balaban J connectivity index is 2.53. The third-order valence-corrected chi connectivity index (χ3v) is 5.29. The van der Waals surface area contributed by atoms with Gasteiger partial charge in [0.1, 0.15) is 0 Å². The molecule has 3 nitrogen and oxygen atoms in total. The van der Waals surface area contributed by atoms with Crippen molar-refractivity contribution in [1.29, 1.82) is 0 Å². The minimum Gasteiger partial charge on any atom is -0.393 e. The summed E-state index contributed by atoms with van der Waals surface area (Å²) >= 11 is 0. The van der Waals surface area contributed by atoms with Crippen LogP contribution in [0.25, 0.3) is 0 Å². The normalized spacial score (nSPS) is 24.1. The van der Waals surface area contributed by atoms with E-state index in [1.165, 1.54) is 0 Å². The molecule has 0 radical (unpaired) electrons. The van der Waals surface area contributed by atoms with Gasteiger partial charge in [0.2, 0.25) is 0 Å². The van der Waals surface area contributed by atoms with Crippen LogP contribution in [0.5, 0.6) is 0 Å². The van der Waals surface area contributed by atoms with E-state index < -0.39 is 15.9 Å². The summed E-state index contributed by atoms with van der Waals surface area (Å²) in [5, 5.41) is 9.05. The highest BCUT2D eigenvalue weighted by Crippen LogP contribution is 2.33. The van der Waals surface area contributed by atoms with Gasteiger partial charge in [0, 0.05) is 0 Å². The lowest BCUT2D eigenvalue weighted by Gasteiger charge is -2.08. The summed E-state index contributed by atoms with van der Waals surface area (Å²) < 4.78 is 23.9. The van der Waals surface area contributed by atoms with Gasteiger partial charge < -0.3 is 5.11 Å². The van der Waals surface area contributed by atoms with E-state index in [2.05, 4.69) is 0 Å². The van der Waals surface area contributed by atoms with E-state index in [0.717, 1.165) is 11.1 Å². The lowest BCUT2D eigenvalue weighted by molar-refractivity contribution is 0.195. The first-order chi connectivity index (χ1) is 7.43. The molecule has 0 saturated carbocycles. The average Bonchev–Trinajstić information content (AvgIpc) is 2.40. The van der Waals surface area contributed by atoms with Crippen molar-refractivity contribution in [2.24, 2.45) is 0 Å². The van der Waals surface area contributed by atoms with Gasteiger partial charge in [-0.2, -0.15) is 0 Å². The molecule has 0 amide bonds. The maximum atomic E-state index is 12.0. The molecule has 1 N–H and O–H groups in total. The van der Waals surface area contributed by atoms with Crippen LogP contribution in [0.1, 0.15) is 25.0 Å². The third kappa shape index (κ3) is 1.76. The quantitative estimate of drug-likeness (QED) is 0.848. The molecule has 0 spiro atoms. The fourth-order valence-electron chi connectivity index (χ4n) is 2.23. The molecule has 16 heavy (non-hydrogen) atoms. The standard InChI is InChI=1S/C12H16O3S/c1-8(13)6-10-4-3-5-12-11(10)7-9(2)16(12,14)15/h3-5,8-9,13H,6-7H2,1-2H3. The molecule has 0 aromatic heterocycles. The predicted octanol–water partition coefficient (Wildman–Crippen LogP) is 1.33. The highest BCUT2D eigenvalue weighted by Gasteiger charge is 2.34. The van der Waals surface area contributed by atoms with Gasteiger partial charge in [-0.15, -0.1) is 0 Å². The first-order valence-corrected chi connectivity index (χ1v) is 7.00. The van der Waals surface area contributed by atoms with Crippen molar-refractivity contribution in [3.05, 3.63) is 29.3 Å². The maximum Gasteiger partial charge on any atom is 0.181 e. The number of hydrogen-bond donors (Lipinski definition) is 1. The van der Waals surface area contributed by atoms with Crippen LogP contribution in [0.3, 0.4) is 0 Å². The fourth-order valence-corrected chi connectivity index (χ4v) is 3.88. The Hall–Kier alpha value is -0.870. The minimum absolute atomic E-state index is 0.336. The van der Waals surface area contributed by atoms with Gasteiger partial charge in [-0.25, -0.2) is 8.42 Å². The zero-order valence-electron chi connectivity index (χ0n) is 9.47. The smallest absolute Gasteiger partial charge is 0.181 e. The van der Waals surface area contributed by atoms with Gasteiger partial charge in [0.05, 0.1) is 16.2 Å². The molecule has 1 aromatic carbocycles. The summed E-state index contributed by atoms with van der Waals surface area (Å²) in [7, 11) is -3.12. The Kier molecular flexibility index (Phi) is 2.80. The van der Waals surface area contributed by atoms with Crippen molar-refractivity contribution in [3.63, 3.8) is 0 Å². The van der Waals surface area contributed by atoms with Crippen LogP contribution in [-0.4, -0.2) is 24.9 Å².